The van der Waals surface area contributed by atoms with E-state index >= 15 is 0 Å². The van der Waals surface area contributed by atoms with Gasteiger partial charge < -0.3 is 9.47 Å². The molecular formula is C27H23ClN2O5. The van der Waals surface area contributed by atoms with Crippen LogP contribution in [0.5, 0.6) is 11.5 Å². The van der Waals surface area contributed by atoms with Gasteiger partial charge >= 0.3 is 6.03 Å². The van der Waals surface area contributed by atoms with Gasteiger partial charge in [-0.2, -0.15) is 0 Å². The summed E-state index contributed by atoms with van der Waals surface area (Å²) in [5.74, 6) is -0.376. The van der Waals surface area contributed by atoms with Crippen molar-refractivity contribution in [2.24, 2.45) is 0 Å². The second kappa shape index (κ2) is 10.9. The fraction of sp³-hybridized carbons (Fsp3) is 0.148. The number of carbonyl (C=O) groups excluding carboxylic acids is 3. The molecule has 0 atom stereocenters. The molecule has 0 unspecified atom stereocenters. The first-order valence-electron chi connectivity index (χ1n) is 11.1. The molecule has 3 aromatic rings. The predicted octanol–water partition coefficient (Wildman–Crippen LogP) is 5.37. The van der Waals surface area contributed by atoms with Crippen molar-refractivity contribution in [3.05, 3.63) is 94.5 Å². The normalized spacial score (nSPS) is 14.7. The van der Waals surface area contributed by atoms with Gasteiger partial charge in [-0.1, -0.05) is 48.9 Å². The van der Waals surface area contributed by atoms with E-state index in [0.717, 1.165) is 16.9 Å². The number of hydrogen-bond acceptors (Lipinski definition) is 5. The summed E-state index contributed by atoms with van der Waals surface area (Å²) < 4.78 is 11.5. The third-order valence-corrected chi connectivity index (χ3v) is 5.45. The highest BCUT2D eigenvalue weighted by molar-refractivity contribution is 6.39. The van der Waals surface area contributed by atoms with Gasteiger partial charge in [-0.25, -0.2) is 9.69 Å². The lowest BCUT2D eigenvalue weighted by Crippen LogP contribution is -2.54. The maximum atomic E-state index is 13.2. The van der Waals surface area contributed by atoms with Crippen molar-refractivity contribution in [1.29, 1.82) is 0 Å². The summed E-state index contributed by atoms with van der Waals surface area (Å²) >= 11 is 5.90. The Balaban J connectivity index is 1.53. The third kappa shape index (κ3) is 5.70. The van der Waals surface area contributed by atoms with Gasteiger partial charge in [-0.05, 0) is 60.5 Å². The van der Waals surface area contributed by atoms with Crippen LogP contribution in [0.2, 0.25) is 5.02 Å². The van der Waals surface area contributed by atoms with Gasteiger partial charge in [0.15, 0.2) is 0 Å². The number of barbiturate groups is 1. The van der Waals surface area contributed by atoms with E-state index in [-0.39, 0.29) is 5.57 Å². The van der Waals surface area contributed by atoms with E-state index in [0.29, 0.717) is 41.0 Å². The number of imide groups is 2. The zero-order valence-electron chi connectivity index (χ0n) is 19.0. The predicted molar refractivity (Wildman–Crippen MR) is 133 cm³/mol. The number of rotatable bonds is 8. The molecule has 0 spiro atoms. The molecule has 4 rings (SSSR count). The van der Waals surface area contributed by atoms with Crippen molar-refractivity contribution in [3.63, 3.8) is 0 Å². The second-order valence-electron chi connectivity index (χ2n) is 7.75. The molecule has 178 valence electrons. The Hall–Kier alpha value is -4.10. The summed E-state index contributed by atoms with van der Waals surface area (Å²) in [5.41, 5.74) is 1.65. The van der Waals surface area contributed by atoms with Crippen LogP contribution in [0.25, 0.3) is 6.08 Å². The Bertz CT molecular complexity index is 1270. The minimum atomic E-state index is -0.817. The third-order valence-electron chi connectivity index (χ3n) is 5.20. The number of hydrogen-bond donors (Lipinski definition) is 1. The average Bonchev–Trinajstić information content (AvgIpc) is 2.86. The van der Waals surface area contributed by atoms with Gasteiger partial charge in [-0.15, -0.1) is 0 Å². The lowest BCUT2D eigenvalue weighted by atomic mass is 10.1. The second-order valence-corrected chi connectivity index (χ2v) is 8.19. The van der Waals surface area contributed by atoms with E-state index in [1.807, 2.05) is 25.1 Å². The zero-order chi connectivity index (χ0) is 24.8. The van der Waals surface area contributed by atoms with Crippen LogP contribution in [0.3, 0.4) is 0 Å². The summed E-state index contributed by atoms with van der Waals surface area (Å²) in [4.78, 5) is 39.1. The Morgan fingerprint density at radius 2 is 1.63 bits per heavy atom. The van der Waals surface area contributed by atoms with Gasteiger partial charge in [-0.3, -0.25) is 14.9 Å². The van der Waals surface area contributed by atoms with Crippen molar-refractivity contribution in [1.82, 2.24) is 5.32 Å². The summed E-state index contributed by atoms with van der Waals surface area (Å²) in [5, 5.41) is 2.88. The van der Waals surface area contributed by atoms with Crippen LogP contribution >= 0.6 is 11.6 Å². The number of carbonyl (C=O) groups is 3. The zero-order valence-corrected chi connectivity index (χ0v) is 19.7. The van der Waals surface area contributed by atoms with Crippen molar-refractivity contribution in [2.75, 3.05) is 11.5 Å². The summed E-state index contributed by atoms with van der Waals surface area (Å²) in [6.45, 7) is 2.81. The van der Waals surface area contributed by atoms with Gasteiger partial charge in [0.05, 0.1) is 12.3 Å². The molecule has 4 amide bonds. The van der Waals surface area contributed by atoms with Crippen LogP contribution < -0.4 is 19.7 Å². The lowest BCUT2D eigenvalue weighted by molar-refractivity contribution is -0.122. The molecule has 3 aromatic carbocycles. The van der Waals surface area contributed by atoms with Crippen LogP contribution in [0, 0.1) is 0 Å². The Morgan fingerprint density at radius 1 is 0.914 bits per heavy atom. The number of halogens is 1. The van der Waals surface area contributed by atoms with Crippen molar-refractivity contribution < 1.29 is 23.9 Å². The molecule has 0 saturated carbocycles. The Morgan fingerprint density at radius 3 is 2.34 bits per heavy atom. The number of nitrogens with one attached hydrogen (secondary N) is 1. The monoisotopic (exact) mass is 490 g/mol. The van der Waals surface area contributed by atoms with Crippen LogP contribution in [-0.4, -0.2) is 24.5 Å². The maximum absolute atomic E-state index is 13.2. The maximum Gasteiger partial charge on any atom is 0.335 e. The van der Waals surface area contributed by atoms with Gasteiger partial charge in [0.2, 0.25) is 0 Å². The first-order chi connectivity index (χ1) is 17.0. The summed E-state index contributed by atoms with van der Waals surface area (Å²) in [6.07, 6.45) is 2.25. The van der Waals surface area contributed by atoms with Crippen LogP contribution in [-0.2, 0) is 16.2 Å². The first-order valence-corrected chi connectivity index (χ1v) is 11.4. The molecule has 1 N–H and O–H groups in total. The SMILES string of the molecule is CCCOc1ccccc1/C=C1\C(=O)NC(=O)N(c2ccc(OCc3ccc(Cl)cc3)cc2)C1=O. The molecule has 0 radical (unpaired) electrons. The van der Waals surface area contributed by atoms with Crippen LogP contribution in [0.1, 0.15) is 24.5 Å². The van der Waals surface area contributed by atoms with Gasteiger partial charge in [0, 0.05) is 10.6 Å². The number of ether oxygens (including phenoxy) is 2. The van der Waals surface area contributed by atoms with Gasteiger partial charge in [0.25, 0.3) is 11.8 Å². The molecule has 8 heteroatoms. The van der Waals surface area contributed by atoms with Crippen molar-refractivity contribution >= 4 is 41.2 Å². The molecule has 7 nitrogen and oxygen atoms in total. The molecule has 0 bridgehead atoms. The number of para-hydroxylation sites is 1. The summed E-state index contributed by atoms with van der Waals surface area (Å²) in [6, 6.07) is 20.0. The van der Waals surface area contributed by atoms with E-state index in [2.05, 4.69) is 5.32 Å². The molecule has 1 saturated heterocycles. The number of nitrogens with zero attached hydrogens (tertiary/aromatic N) is 1. The first kappa shape index (κ1) is 24.0. The highest BCUT2D eigenvalue weighted by atomic mass is 35.5. The highest BCUT2D eigenvalue weighted by Gasteiger charge is 2.37. The smallest absolute Gasteiger partial charge is 0.335 e. The van der Waals surface area contributed by atoms with Crippen molar-refractivity contribution in [3.8, 4) is 11.5 Å². The number of urea groups is 1. The summed E-state index contributed by atoms with van der Waals surface area (Å²) in [7, 11) is 0. The number of anilines is 1. The Labute approximate surface area is 207 Å². The minimum absolute atomic E-state index is 0.166. The van der Waals surface area contributed by atoms with Crippen LogP contribution in [0.4, 0.5) is 10.5 Å². The highest BCUT2D eigenvalue weighted by Crippen LogP contribution is 2.27. The van der Waals surface area contributed by atoms with Gasteiger partial charge in [0.1, 0.15) is 23.7 Å². The topological polar surface area (TPSA) is 84.9 Å². The molecule has 35 heavy (non-hydrogen) atoms. The minimum Gasteiger partial charge on any atom is -0.493 e. The van der Waals surface area contributed by atoms with E-state index in [1.54, 1.807) is 54.6 Å². The molecule has 1 aliphatic rings. The van der Waals surface area contributed by atoms with E-state index in [1.165, 1.54) is 6.08 Å². The van der Waals surface area contributed by atoms with E-state index in [9.17, 15) is 14.4 Å². The fourth-order valence-electron chi connectivity index (χ4n) is 3.43. The fourth-order valence-corrected chi connectivity index (χ4v) is 3.56. The van der Waals surface area contributed by atoms with Crippen molar-refractivity contribution in [2.45, 2.75) is 20.0 Å². The lowest BCUT2D eigenvalue weighted by Gasteiger charge is -2.26. The molecule has 1 heterocycles. The average molecular weight is 491 g/mol. The van der Waals surface area contributed by atoms with E-state index < -0.39 is 17.8 Å². The molecule has 0 aliphatic carbocycles. The molecule has 0 aromatic heterocycles. The standard InChI is InChI=1S/C27H23ClN2O5/c1-2-15-34-24-6-4-3-5-19(24)16-23-25(31)29-27(33)30(26(23)32)21-11-13-22(14-12-21)35-17-18-7-9-20(28)10-8-18/h3-14,16H,2,15,17H2,1H3,(H,29,31,33)/b23-16+. The number of benzene rings is 3. The van der Waals surface area contributed by atoms with E-state index in [4.69, 9.17) is 21.1 Å². The van der Waals surface area contributed by atoms with Crippen LogP contribution in [0.15, 0.2) is 78.4 Å². The Kier molecular flexibility index (Phi) is 7.48. The quantitative estimate of drug-likeness (QED) is 0.339. The molecule has 1 aliphatic heterocycles. The number of amides is 4. The molecule has 1 fully saturated rings. The molecular weight excluding hydrogens is 468 g/mol. The largest absolute Gasteiger partial charge is 0.493 e.